The fraction of sp³-hybridized carbons (Fsp3) is 0.412. The van der Waals surface area contributed by atoms with Gasteiger partial charge in [0, 0.05) is 28.5 Å². The zero-order valence-corrected chi connectivity index (χ0v) is 15.2. The second-order valence-corrected chi connectivity index (χ2v) is 6.77. The van der Waals surface area contributed by atoms with Crippen molar-refractivity contribution in [3.05, 3.63) is 40.0 Å². The Kier molecular flexibility index (Phi) is 5.77. The first-order valence-electron chi connectivity index (χ1n) is 7.57. The average molecular weight is 363 g/mol. The molecule has 0 unspecified atom stereocenters. The molecular formula is C17H23BrN4. The number of benzene rings is 1. The first kappa shape index (κ1) is 16.7. The molecule has 1 heterocycles. The lowest BCUT2D eigenvalue weighted by molar-refractivity contribution is 0.606. The molecule has 0 saturated heterocycles. The maximum atomic E-state index is 4.53. The average Bonchev–Trinajstić information content (AvgIpc) is 2.42. The lowest BCUT2D eigenvalue weighted by atomic mass is 10.1. The maximum absolute atomic E-state index is 4.53. The van der Waals surface area contributed by atoms with Crippen LogP contribution in [0.15, 0.2) is 28.7 Å². The summed E-state index contributed by atoms with van der Waals surface area (Å²) in [6.07, 6.45) is 1.10. The van der Waals surface area contributed by atoms with Gasteiger partial charge in [-0.3, -0.25) is 0 Å². The van der Waals surface area contributed by atoms with Gasteiger partial charge in [-0.05, 0) is 43.9 Å². The molecule has 1 aromatic carbocycles. The van der Waals surface area contributed by atoms with Crippen LogP contribution in [0.4, 0.5) is 17.5 Å². The SMILES string of the molecule is Cc1cc(Nc2ccc(C)c(Br)c2)nc(NCCC(C)C)n1. The van der Waals surface area contributed by atoms with E-state index in [0.29, 0.717) is 11.9 Å². The molecule has 0 aliphatic heterocycles. The van der Waals surface area contributed by atoms with E-state index < -0.39 is 0 Å². The highest BCUT2D eigenvalue weighted by molar-refractivity contribution is 9.10. The maximum Gasteiger partial charge on any atom is 0.224 e. The molecule has 0 aliphatic carbocycles. The lowest BCUT2D eigenvalue weighted by Crippen LogP contribution is -2.09. The van der Waals surface area contributed by atoms with E-state index in [0.717, 1.165) is 34.6 Å². The van der Waals surface area contributed by atoms with Gasteiger partial charge in [-0.15, -0.1) is 0 Å². The molecule has 0 saturated carbocycles. The van der Waals surface area contributed by atoms with Crippen molar-refractivity contribution in [1.82, 2.24) is 9.97 Å². The molecule has 0 spiro atoms. The fourth-order valence-electron chi connectivity index (χ4n) is 2.00. The van der Waals surface area contributed by atoms with Gasteiger partial charge < -0.3 is 10.6 Å². The van der Waals surface area contributed by atoms with Gasteiger partial charge in [0.25, 0.3) is 0 Å². The number of aromatic nitrogens is 2. The van der Waals surface area contributed by atoms with Gasteiger partial charge in [-0.2, -0.15) is 4.98 Å². The number of nitrogens with one attached hydrogen (secondary N) is 2. The van der Waals surface area contributed by atoms with E-state index in [1.807, 2.05) is 19.1 Å². The molecule has 4 nitrogen and oxygen atoms in total. The Morgan fingerprint density at radius 3 is 2.59 bits per heavy atom. The molecule has 118 valence electrons. The van der Waals surface area contributed by atoms with Crippen LogP contribution in [0.25, 0.3) is 0 Å². The molecule has 0 aliphatic rings. The van der Waals surface area contributed by atoms with E-state index in [2.05, 4.69) is 69.4 Å². The van der Waals surface area contributed by atoms with Crippen LogP contribution < -0.4 is 10.6 Å². The minimum atomic E-state index is 0.666. The molecule has 0 fully saturated rings. The molecule has 22 heavy (non-hydrogen) atoms. The minimum absolute atomic E-state index is 0.666. The van der Waals surface area contributed by atoms with E-state index in [4.69, 9.17) is 0 Å². The van der Waals surface area contributed by atoms with E-state index >= 15 is 0 Å². The van der Waals surface area contributed by atoms with Gasteiger partial charge in [-0.25, -0.2) is 4.98 Å². The summed E-state index contributed by atoms with van der Waals surface area (Å²) >= 11 is 3.55. The number of aryl methyl sites for hydroxylation is 2. The predicted octanol–water partition coefficient (Wildman–Crippen LogP) is 5.06. The molecule has 0 radical (unpaired) electrons. The third kappa shape index (κ3) is 4.98. The van der Waals surface area contributed by atoms with Crippen LogP contribution in [0.2, 0.25) is 0 Å². The Morgan fingerprint density at radius 1 is 1.14 bits per heavy atom. The highest BCUT2D eigenvalue weighted by Gasteiger charge is 2.04. The van der Waals surface area contributed by atoms with Crippen molar-refractivity contribution in [1.29, 1.82) is 0 Å². The quantitative estimate of drug-likeness (QED) is 0.753. The molecule has 2 rings (SSSR count). The largest absolute Gasteiger partial charge is 0.354 e. The second-order valence-electron chi connectivity index (χ2n) is 5.92. The van der Waals surface area contributed by atoms with Gasteiger partial charge in [-0.1, -0.05) is 35.8 Å². The standard InChI is InChI=1S/C17H23BrN4/c1-11(2)7-8-19-17-20-13(4)9-16(22-17)21-14-6-5-12(3)15(18)10-14/h5-6,9-11H,7-8H2,1-4H3,(H2,19,20,21,22). The van der Waals surface area contributed by atoms with Crippen LogP contribution in [0.3, 0.4) is 0 Å². The summed E-state index contributed by atoms with van der Waals surface area (Å²) in [4.78, 5) is 8.96. The van der Waals surface area contributed by atoms with Crippen molar-refractivity contribution in [2.24, 2.45) is 5.92 Å². The summed E-state index contributed by atoms with van der Waals surface area (Å²) in [5.41, 5.74) is 3.15. The molecular weight excluding hydrogens is 340 g/mol. The topological polar surface area (TPSA) is 49.8 Å². The van der Waals surface area contributed by atoms with E-state index in [9.17, 15) is 0 Å². The van der Waals surface area contributed by atoms with Gasteiger partial charge in [0.2, 0.25) is 5.95 Å². The Hall–Kier alpha value is -1.62. The van der Waals surface area contributed by atoms with Crippen LogP contribution in [0.1, 0.15) is 31.5 Å². The first-order chi connectivity index (χ1) is 10.4. The molecule has 0 bridgehead atoms. The zero-order valence-electron chi connectivity index (χ0n) is 13.6. The highest BCUT2D eigenvalue weighted by atomic mass is 79.9. The minimum Gasteiger partial charge on any atom is -0.354 e. The molecule has 1 aromatic heterocycles. The predicted molar refractivity (Wildman–Crippen MR) is 96.9 cm³/mol. The Labute approximate surface area is 140 Å². The highest BCUT2D eigenvalue weighted by Crippen LogP contribution is 2.23. The third-order valence-corrected chi connectivity index (χ3v) is 4.16. The smallest absolute Gasteiger partial charge is 0.224 e. The monoisotopic (exact) mass is 362 g/mol. The van der Waals surface area contributed by atoms with Crippen molar-refractivity contribution in [3.63, 3.8) is 0 Å². The third-order valence-electron chi connectivity index (χ3n) is 3.30. The molecule has 2 N–H and O–H groups in total. The lowest BCUT2D eigenvalue weighted by Gasteiger charge is -2.11. The van der Waals surface area contributed by atoms with Crippen molar-refractivity contribution in [2.75, 3.05) is 17.2 Å². The number of halogens is 1. The van der Waals surface area contributed by atoms with Crippen LogP contribution in [-0.2, 0) is 0 Å². The summed E-state index contributed by atoms with van der Waals surface area (Å²) in [5.74, 6) is 2.14. The Morgan fingerprint density at radius 2 is 1.91 bits per heavy atom. The summed E-state index contributed by atoms with van der Waals surface area (Å²) in [5, 5.41) is 6.62. The number of anilines is 3. The molecule has 0 amide bonds. The Bertz CT molecular complexity index is 641. The fourth-order valence-corrected chi connectivity index (χ4v) is 2.38. The van der Waals surface area contributed by atoms with E-state index in [1.54, 1.807) is 0 Å². The van der Waals surface area contributed by atoms with Gasteiger partial charge in [0.05, 0.1) is 0 Å². The number of hydrogen-bond donors (Lipinski definition) is 2. The van der Waals surface area contributed by atoms with Crippen molar-refractivity contribution in [2.45, 2.75) is 34.1 Å². The summed E-state index contributed by atoms with van der Waals surface area (Å²) in [7, 11) is 0. The van der Waals surface area contributed by atoms with Crippen LogP contribution in [0.5, 0.6) is 0 Å². The molecule has 5 heteroatoms. The summed E-state index contributed by atoms with van der Waals surface area (Å²) in [6.45, 7) is 9.35. The second kappa shape index (κ2) is 7.58. The zero-order chi connectivity index (χ0) is 16.1. The van der Waals surface area contributed by atoms with E-state index in [1.165, 1.54) is 5.56 Å². The van der Waals surface area contributed by atoms with Gasteiger partial charge in [0.15, 0.2) is 0 Å². The number of rotatable bonds is 6. The van der Waals surface area contributed by atoms with Crippen molar-refractivity contribution < 1.29 is 0 Å². The number of nitrogens with zero attached hydrogens (tertiary/aromatic N) is 2. The summed E-state index contributed by atoms with van der Waals surface area (Å²) < 4.78 is 1.08. The summed E-state index contributed by atoms with van der Waals surface area (Å²) in [6, 6.07) is 8.12. The Balaban J connectivity index is 2.10. The van der Waals surface area contributed by atoms with Gasteiger partial charge in [0.1, 0.15) is 5.82 Å². The van der Waals surface area contributed by atoms with E-state index in [-0.39, 0.29) is 0 Å². The number of hydrogen-bond acceptors (Lipinski definition) is 4. The van der Waals surface area contributed by atoms with Crippen LogP contribution in [-0.4, -0.2) is 16.5 Å². The molecule has 0 atom stereocenters. The van der Waals surface area contributed by atoms with Crippen molar-refractivity contribution in [3.8, 4) is 0 Å². The van der Waals surface area contributed by atoms with Gasteiger partial charge >= 0.3 is 0 Å². The molecule has 2 aromatic rings. The van der Waals surface area contributed by atoms with Crippen LogP contribution >= 0.6 is 15.9 Å². The van der Waals surface area contributed by atoms with Crippen LogP contribution in [0, 0.1) is 19.8 Å². The first-order valence-corrected chi connectivity index (χ1v) is 8.36. The normalized spacial score (nSPS) is 10.8. The van der Waals surface area contributed by atoms with Crippen molar-refractivity contribution >= 4 is 33.4 Å².